The molecule has 0 spiro atoms. The molecule has 0 amide bonds. The third-order valence-electron chi connectivity index (χ3n) is 2.52. The van der Waals surface area contributed by atoms with E-state index in [0.717, 1.165) is 5.75 Å². The Bertz CT molecular complexity index is 481. The molecule has 1 aromatic heterocycles. The monoisotopic (exact) mass is 248 g/mol. The van der Waals surface area contributed by atoms with Crippen LogP contribution in [0.15, 0.2) is 24.3 Å². The van der Waals surface area contributed by atoms with Crippen molar-refractivity contribution in [3.8, 4) is 5.75 Å². The summed E-state index contributed by atoms with van der Waals surface area (Å²) in [7, 11) is 0. The maximum atomic E-state index is 8.78. The van der Waals surface area contributed by atoms with Crippen molar-refractivity contribution in [3.05, 3.63) is 35.7 Å². The van der Waals surface area contributed by atoms with Crippen LogP contribution in [-0.2, 0) is 13.2 Å². The zero-order valence-electron chi connectivity index (χ0n) is 10.3. The number of tetrazole rings is 1. The number of hydrogen-bond donors (Lipinski definition) is 1. The lowest BCUT2D eigenvalue weighted by atomic mass is 10.2. The van der Waals surface area contributed by atoms with Crippen LogP contribution < -0.4 is 4.74 Å². The van der Waals surface area contributed by atoms with Crippen molar-refractivity contribution < 1.29 is 9.84 Å². The summed E-state index contributed by atoms with van der Waals surface area (Å²) in [6, 6.07) is 7.81. The van der Waals surface area contributed by atoms with Gasteiger partial charge in [0.05, 0.1) is 0 Å². The van der Waals surface area contributed by atoms with E-state index >= 15 is 0 Å². The summed E-state index contributed by atoms with van der Waals surface area (Å²) in [6.45, 7) is 3.06. The Morgan fingerprint density at radius 1 is 1.28 bits per heavy atom. The highest BCUT2D eigenvalue weighted by Gasteiger charge is 2.06. The molecule has 0 atom stereocenters. The zero-order valence-corrected chi connectivity index (χ0v) is 10.3. The average Bonchev–Trinajstić information content (AvgIpc) is 2.83. The SMILES string of the molecule is Cc1ccc(OCc2nnnn2CCCO)cc1. The number of hydrogen-bond acceptors (Lipinski definition) is 5. The molecule has 0 fully saturated rings. The summed E-state index contributed by atoms with van der Waals surface area (Å²) >= 11 is 0. The minimum atomic E-state index is 0.123. The van der Waals surface area contributed by atoms with E-state index in [1.165, 1.54) is 5.56 Å². The van der Waals surface area contributed by atoms with Crippen LogP contribution in [0, 0.1) is 6.92 Å². The van der Waals surface area contributed by atoms with Crippen LogP contribution in [0.5, 0.6) is 5.75 Å². The number of rotatable bonds is 6. The first-order valence-electron chi connectivity index (χ1n) is 5.85. The van der Waals surface area contributed by atoms with Gasteiger partial charge in [-0.3, -0.25) is 0 Å². The Morgan fingerprint density at radius 2 is 2.06 bits per heavy atom. The summed E-state index contributed by atoms with van der Waals surface area (Å²) in [5, 5.41) is 20.1. The minimum Gasteiger partial charge on any atom is -0.486 e. The summed E-state index contributed by atoms with van der Waals surface area (Å²) in [6.07, 6.45) is 0.628. The Balaban J connectivity index is 1.93. The lowest BCUT2D eigenvalue weighted by Crippen LogP contribution is -2.09. The molecule has 1 N–H and O–H groups in total. The largest absolute Gasteiger partial charge is 0.486 e. The Kier molecular flexibility index (Phi) is 4.25. The predicted octanol–water partition coefficient (Wildman–Crippen LogP) is 0.943. The number of benzene rings is 1. The molecule has 0 bridgehead atoms. The quantitative estimate of drug-likeness (QED) is 0.823. The van der Waals surface area contributed by atoms with Crippen molar-refractivity contribution in [2.75, 3.05) is 6.61 Å². The number of ether oxygens (including phenoxy) is 1. The molecule has 0 saturated carbocycles. The van der Waals surface area contributed by atoms with Gasteiger partial charge in [-0.15, -0.1) is 5.10 Å². The maximum absolute atomic E-state index is 8.78. The Labute approximate surface area is 105 Å². The number of aliphatic hydroxyl groups is 1. The first-order valence-corrected chi connectivity index (χ1v) is 5.85. The topological polar surface area (TPSA) is 73.1 Å². The summed E-state index contributed by atoms with van der Waals surface area (Å²) in [5.41, 5.74) is 1.19. The van der Waals surface area contributed by atoms with Gasteiger partial charge < -0.3 is 9.84 Å². The molecule has 0 unspecified atom stereocenters. The van der Waals surface area contributed by atoms with Gasteiger partial charge >= 0.3 is 0 Å². The van der Waals surface area contributed by atoms with E-state index in [1.54, 1.807) is 4.68 Å². The van der Waals surface area contributed by atoms with Crippen LogP contribution in [0.25, 0.3) is 0 Å². The lowest BCUT2D eigenvalue weighted by molar-refractivity contribution is 0.263. The number of aliphatic hydroxyl groups excluding tert-OH is 1. The fourth-order valence-corrected chi connectivity index (χ4v) is 1.50. The van der Waals surface area contributed by atoms with E-state index in [2.05, 4.69) is 15.5 Å². The van der Waals surface area contributed by atoms with Crippen LogP contribution in [0.2, 0.25) is 0 Å². The highest BCUT2D eigenvalue weighted by atomic mass is 16.5. The highest BCUT2D eigenvalue weighted by molar-refractivity contribution is 5.26. The van der Waals surface area contributed by atoms with Gasteiger partial charge in [-0.1, -0.05) is 17.7 Å². The number of aromatic nitrogens is 4. The first kappa shape index (κ1) is 12.5. The third kappa shape index (κ3) is 3.27. The molecule has 18 heavy (non-hydrogen) atoms. The van der Waals surface area contributed by atoms with E-state index in [9.17, 15) is 0 Å². The van der Waals surface area contributed by atoms with E-state index in [1.807, 2.05) is 31.2 Å². The highest BCUT2D eigenvalue weighted by Crippen LogP contribution is 2.12. The molecule has 0 aliphatic rings. The number of nitrogens with zero attached hydrogens (tertiary/aromatic N) is 4. The summed E-state index contributed by atoms with van der Waals surface area (Å²) < 4.78 is 7.24. The van der Waals surface area contributed by atoms with E-state index in [0.29, 0.717) is 25.4 Å². The summed E-state index contributed by atoms with van der Waals surface area (Å²) in [4.78, 5) is 0. The maximum Gasteiger partial charge on any atom is 0.189 e. The average molecular weight is 248 g/mol. The zero-order chi connectivity index (χ0) is 12.8. The van der Waals surface area contributed by atoms with Gasteiger partial charge in [0.2, 0.25) is 0 Å². The molecular weight excluding hydrogens is 232 g/mol. The van der Waals surface area contributed by atoms with E-state index in [4.69, 9.17) is 9.84 Å². The van der Waals surface area contributed by atoms with Gasteiger partial charge in [-0.05, 0) is 35.9 Å². The fourth-order valence-electron chi connectivity index (χ4n) is 1.50. The van der Waals surface area contributed by atoms with Crippen molar-refractivity contribution in [3.63, 3.8) is 0 Å². The van der Waals surface area contributed by atoms with Crippen LogP contribution in [0.3, 0.4) is 0 Å². The molecule has 0 radical (unpaired) electrons. The van der Waals surface area contributed by atoms with Gasteiger partial charge in [0, 0.05) is 13.2 Å². The van der Waals surface area contributed by atoms with Crippen molar-refractivity contribution in [1.82, 2.24) is 20.2 Å². The predicted molar refractivity (Wildman–Crippen MR) is 65.0 cm³/mol. The van der Waals surface area contributed by atoms with Gasteiger partial charge in [-0.25, -0.2) is 4.68 Å². The Morgan fingerprint density at radius 3 is 2.78 bits per heavy atom. The summed E-state index contributed by atoms with van der Waals surface area (Å²) in [5.74, 6) is 1.45. The van der Waals surface area contributed by atoms with Gasteiger partial charge in [0.1, 0.15) is 12.4 Å². The normalized spacial score (nSPS) is 10.6. The second kappa shape index (κ2) is 6.11. The van der Waals surface area contributed by atoms with Crippen molar-refractivity contribution in [2.24, 2.45) is 0 Å². The van der Waals surface area contributed by atoms with Crippen LogP contribution >= 0.6 is 0 Å². The first-order chi connectivity index (χ1) is 8.79. The molecule has 1 aromatic carbocycles. The lowest BCUT2D eigenvalue weighted by Gasteiger charge is -2.06. The number of aryl methyl sites for hydroxylation is 2. The second-order valence-electron chi connectivity index (χ2n) is 4.00. The van der Waals surface area contributed by atoms with Gasteiger partial charge in [0.15, 0.2) is 5.82 Å². The van der Waals surface area contributed by atoms with Gasteiger partial charge in [-0.2, -0.15) is 0 Å². The molecule has 2 aromatic rings. The molecule has 96 valence electrons. The Hall–Kier alpha value is -1.95. The van der Waals surface area contributed by atoms with Gasteiger partial charge in [0.25, 0.3) is 0 Å². The van der Waals surface area contributed by atoms with Crippen LogP contribution in [-0.4, -0.2) is 31.9 Å². The molecule has 0 aliphatic carbocycles. The third-order valence-corrected chi connectivity index (χ3v) is 2.52. The molecular formula is C12H16N4O2. The second-order valence-corrected chi connectivity index (χ2v) is 4.00. The van der Waals surface area contributed by atoms with Crippen molar-refractivity contribution in [1.29, 1.82) is 0 Å². The molecule has 1 heterocycles. The van der Waals surface area contributed by atoms with Crippen LogP contribution in [0.1, 0.15) is 17.8 Å². The van der Waals surface area contributed by atoms with Crippen LogP contribution in [0.4, 0.5) is 0 Å². The minimum absolute atomic E-state index is 0.123. The molecule has 6 heteroatoms. The molecule has 0 aliphatic heterocycles. The smallest absolute Gasteiger partial charge is 0.189 e. The molecule has 2 rings (SSSR count). The standard InChI is InChI=1S/C12H16N4O2/c1-10-3-5-11(6-4-10)18-9-12-13-14-15-16(12)7-2-8-17/h3-6,17H,2,7-9H2,1H3. The van der Waals surface area contributed by atoms with Crippen molar-refractivity contribution >= 4 is 0 Å². The van der Waals surface area contributed by atoms with E-state index in [-0.39, 0.29) is 6.61 Å². The molecule has 0 saturated heterocycles. The molecule has 6 nitrogen and oxygen atoms in total. The fraction of sp³-hybridized carbons (Fsp3) is 0.417. The van der Waals surface area contributed by atoms with E-state index < -0.39 is 0 Å². The van der Waals surface area contributed by atoms with Crippen molar-refractivity contribution in [2.45, 2.75) is 26.5 Å².